The molecule has 0 aromatic carbocycles. The lowest BCUT2D eigenvalue weighted by molar-refractivity contribution is 0.0203. The van der Waals surface area contributed by atoms with E-state index in [4.69, 9.17) is 14.2 Å². The van der Waals surface area contributed by atoms with E-state index in [-0.39, 0.29) is 30.1 Å². The first kappa shape index (κ1) is 24.2. The first-order chi connectivity index (χ1) is 12.7. The second-order valence-corrected chi connectivity index (χ2v) is 6.86. The summed E-state index contributed by atoms with van der Waals surface area (Å²) in [4.78, 5) is 17.5. The molecule has 0 saturated carbocycles. The second kappa shape index (κ2) is 14.2. The van der Waals surface area contributed by atoms with Gasteiger partial charge in [0, 0.05) is 59.2 Å². The van der Waals surface area contributed by atoms with Gasteiger partial charge in [-0.1, -0.05) is 0 Å². The highest BCUT2D eigenvalue weighted by molar-refractivity contribution is 14.0. The molecule has 0 aromatic heterocycles. The molecular weight excluding hydrogens is 463 g/mol. The third-order valence-corrected chi connectivity index (χ3v) is 4.94. The summed E-state index contributed by atoms with van der Waals surface area (Å²) >= 11 is 0. The Morgan fingerprint density at radius 3 is 2.56 bits per heavy atom. The number of carbonyl (C=O) groups excluding carboxylic acids is 1. The van der Waals surface area contributed by atoms with Crippen LogP contribution in [0.15, 0.2) is 4.99 Å². The Balaban J connectivity index is 0.00000364. The number of halogens is 1. The number of carbonyl (C=O) groups is 1. The highest BCUT2D eigenvalue weighted by Gasteiger charge is 2.23. The quantitative estimate of drug-likeness (QED) is 0.241. The number of guanidine groups is 1. The van der Waals surface area contributed by atoms with E-state index < -0.39 is 0 Å². The van der Waals surface area contributed by atoms with Gasteiger partial charge in [-0.3, -0.25) is 4.99 Å². The van der Waals surface area contributed by atoms with Gasteiger partial charge in [0.25, 0.3) is 0 Å². The maximum atomic E-state index is 11.5. The summed E-state index contributed by atoms with van der Waals surface area (Å²) in [6, 6.07) is 0.326. The molecule has 0 bridgehead atoms. The molecule has 2 fully saturated rings. The molecule has 158 valence electrons. The molecular formula is C18H35IN4O4. The van der Waals surface area contributed by atoms with Crippen molar-refractivity contribution in [3.8, 4) is 0 Å². The number of ether oxygens (including phenoxy) is 3. The van der Waals surface area contributed by atoms with Crippen molar-refractivity contribution < 1.29 is 19.0 Å². The highest BCUT2D eigenvalue weighted by atomic mass is 127. The minimum atomic E-state index is -0.244. The van der Waals surface area contributed by atoms with E-state index in [0.717, 1.165) is 71.0 Å². The SMILES string of the molecule is CN=C(NCCCOCC1CCOCC1)NC1CCN(C(=O)OC)CC1.I. The number of aliphatic imine (C=N–C) groups is 1. The van der Waals surface area contributed by atoms with Gasteiger partial charge in [-0.05, 0) is 38.0 Å². The molecule has 2 aliphatic rings. The monoisotopic (exact) mass is 498 g/mol. The summed E-state index contributed by atoms with van der Waals surface area (Å²) in [7, 11) is 3.20. The molecule has 1 amide bonds. The summed E-state index contributed by atoms with van der Waals surface area (Å²) in [5.74, 6) is 1.47. The molecule has 2 aliphatic heterocycles. The topological polar surface area (TPSA) is 84.4 Å². The standard InChI is InChI=1S/C18H34N4O4.HI/c1-19-17(21-16-4-9-22(10-5-16)18(23)24-2)20-8-3-11-26-14-15-6-12-25-13-7-15;/h15-16H,3-14H2,1-2H3,(H2,19,20,21);1H. The molecule has 27 heavy (non-hydrogen) atoms. The highest BCUT2D eigenvalue weighted by Crippen LogP contribution is 2.14. The molecule has 0 unspecified atom stereocenters. The fourth-order valence-corrected chi connectivity index (χ4v) is 3.27. The summed E-state index contributed by atoms with van der Waals surface area (Å²) < 4.78 is 15.9. The van der Waals surface area contributed by atoms with Crippen molar-refractivity contribution in [2.24, 2.45) is 10.9 Å². The van der Waals surface area contributed by atoms with Gasteiger partial charge in [0.15, 0.2) is 5.96 Å². The van der Waals surface area contributed by atoms with Gasteiger partial charge in [-0.15, -0.1) is 24.0 Å². The smallest absolute Gasteiger partial charge is 0.409 e. The summed E-state index contributed by atoms with van der Waals surface area (Å²) in [6.45, 7) is 5.59. The molecule has 2 saturated heterocycles. The van der Waals surface area contributed by atoms with E-state index in [0.29, 0.717) is 25.0 Å². The second-order valence-electron chi connectivity index (χ2n) is 6.86. The molecule has 0 atom stereocenters. The van der Waals surface area contributed by atoms with Gasteiger partial charge in [0.1, 0.15) is 0 Å². The number of nitrogens with zero attached hydrogens (tertiary/aromatic N) is 2. The molecule has 0 radical (unpaired) electrons. The zero-order valence-electron chi connectivity index (χ0n) is 16.6. The van der Waals surface area contributed by atoms with Crippen LogP contribution in [0.3, 0.4) is 0 Å². The van der Waals surface area contributed by atoms with Crippen LogP contribution in [0.4, 0.5) is 4.79 Å². The van der Waals surface area contributed by atoms with Crippen molar-refractivity contribution in [1.29, 1.82) is 0 Å². The van der Waals surface area contributed by atoms with Gasteiger partial charge in [0.05, 0.1) is 7.11 Å². The van der Waals surface area contributed by atoms with Crippen LogP contribution in [0, 0.1) is 5.92 Å². The van der Waals surface area contributed by atoms with Crippen LogP contribution in [0.1, 0.15) is 32.1 Å². The Morgan fingerprint density at radius 2 is 1.93 bits per heavy atom. The third kappa shape index (κ3) is 9.29. The molecule has 9 heteroatoms. The number of rotatable bonds is 7. The molecule has 2 rings (SSSR count). The van der Waals surface area contributed by atoms with Crippen LogP contribution in [0.5, 0.6) is 0 Å². The van der Waals surface area contributed by atoms with E-state index in [9.17, 15) is 4.79 Å². The van der Waals surface area contributed by atoms with Gasteiger partial charge >= 0.3 is 6.09 Å². The summed E-state index contributed by atoms with van der Waals surface area (Å²) in [5, 5.41) is 6.77. The maximum Gasteiger partial charge on any atom is 0.409 e. The third-order valence-electron chi connectivity index (χ3n) is 4.94. The lowest BCUT2D eigenvalue weighted by atomic mass is 10.0. The van der Waals surface area contributed by atoms with Gasteiger partial charge < -0.3 is 29.7 Å². The minimum absolute atomic E-state index is 0. The van der Waals surface area contributed by atoms with Gasteiger partial charge in [-0.25, -0.2) is 4.79 Å². The molecule has 2 N–H and O–H groups in total. The van der Waals surface area contributed by atoms with Crippen molar-refractivity contribution in [3.63, 3.8) is 0 Å². The van der Waals surface area contributed by atoms with E-state index >= 15 is 0 Å². The Hall–Kier alpha value is -0.810. The lowest BCUT2D eigenvalue weighted by Gasteiger charge is -2.32. The van der Waals surface area contributed by atoms with Crippen molar-refractivity contribution in [3.05, 3.63) is 0 Å². The van der Waals surface area contributed by atoms with Crippen LogP contribution in [-0.4, -0.2) is 83.2 Å². The van der Waals surface area contributed by atoms with E-state index in [2.05, 4.69) is 15.6 Å². The summed E-state index contributed by atoms with van der Waals surface area (Å²) in [5.41, 5.74) is 0. The summed E-state index contributed by atoms with van der Waals surface area (Å²) in [6.07, 6.45) is 4.72. The van der Waals surface area contributed by atoms with Crippen LogP contribution in [0.25, 0.3) is 0 Å². The van der Waals surface area contributed by atoms with Crippen LogP contribution < -0.4 is 10.6 Å². The molecule has 2 heterocycles. The number of hydrogen-bond donors (Lipinski definition) is 2. The number of amides is 1. The largest absolute Gasteiger partial charge is 0.453 e. The predicted molar refractivity (Wildman–Crippen MR) is 116 cm³/mol. The fourth-order valence-electron chi connectivity index (χ4n) is 3.27. The average Bonchev–Trinajstić information content (AvgIpc) is 2.70. The first-order valence-electron chi connectivity index (χ1n) is 9.68. The van der Waals surface area contributed by atoms with E-state index in [1.165, 1.54) is 7.11 Å². The predicted octanol–water partition coefficient (Wildman–Crippen LogP) is 1.83. The lowest BCUT2D eigenvalue weighted by Crippen LogP contribution is -2.49. The fraction of sp³-hybridized carbons (Fsp3) is 0.889. The van der Waals surface area contributed by atoms with Crippen LogP contribution >= 0.6 is 24.0 Å². The Morgan fingerprint density at radius 1 is 1.22 bits per heavy atom. The first-order valence-corrected chi connectivity index (χ1v) is 9.68. The normalized spacial score (nSPS) is 19.3. The van der Waals surface area contributed by atoms with Crippen molar-refractivity contribution >= 4 is 36.0 Å². The Labute approximate surface area is 179 Å². The molecule has 0 aromatic rings. The Bertz CT molecular complexity index is 439. The average molecular weight is 498 g/mol. The molecule has 0 aliphatic carbocycles. The van der Waals surface area contributed by atoms with Crippen molar-refractivity contribution in [2.45, 2.75) is 38.1 Å². The zero-order chi connectivity index (χ0) is 18.6. The molecule has 8 nitrogen and oxygen atoms in total. The number of methoxy groups -OCH3 is 1. The minimum Gasteiger partial charge on any atom is -0.453 e. The zero-order valence-corrected chi connectivity index (χ0v) is 18.9. The number of likely N-dealkylation sites (tertiary alicyclic amines) is 1. The van der Waals surface area contributed by atoms with Gasteiger partial charge in [-0.2, -0.15) is 0 Å². The molecule has 0 spiro atoms. The maximum absolute atomic E-state index is 11.5. The van der Waals surface area contributed by atoms with E-state index in [1.54, 1.807) is 11.9 Å². The number of hydrogen-bond acceptors (Lipinski definition) is 5. The van der Waals surface area contributed by atoms with E-state index in [1.807, 2.05) is 0 Å². The van der Waals surface area contributed by atoms with Crippen LogP contribution in [0.2, 0.25) is 0 Å². The van der Waals surface area contributed by atoms with Crippen LogP contribution in [-0.2, 0) is 14.2 Å². The Kier molecular flexibility index (Phi) is 12.8. The number of piperidine rings is 1. The van der Waals surface area contributed by atoms with Crippen molar-refractivity contribution in [2.75, 3.05) is 60.2 Å². The van der Waals surface area contributed by atoms with Gasteiger partial charge in [0.2, 0.25) is 0 Å². The number of nitrogens with one attached hydrogen (secondary N) is 2. The van der Waals surface area contributed by atoms with Crippen molar-refractivity contribution in [1.82, 2.24) is 15.5 Å².